The molecule has 18 heavy (non-hydrogen) atoms. The van der Waals surface area contributed by atoms with Gasteiger partial charge in [0, 0.05) is 6.54 Å². The summed E-state index contributed by atoms with van der Waals surface area (Å²) in [6.07, 6.45) is 0.993. The lowest BCUT2D eigenvalue weighted by atomic mass is 9.92. The molecule has 0 bridgehead atoms. The van der Waals surface area contributed by atoms with Gasteiger partial charge in [-0.15, -0.1) is 0 Å². The van der Waals surface area contributed by atoms with Crippen molar-refractivity contribution in [3.05, 3.63) is 35.9 Å². The molecule has 3 nitrogen and oxygen atoms in total. The van der Waals surface area contributed by atoms with Gasteiger partial charge >= 0.3 is 5.97 Å². The molecule has 0 heterocycles. The Hall–Kier alpha value is -1.35. The molecule has 0 fully saturated rings. The van der Waals surface area contributed by atoms with Crippen LogP contribution in [0.3, 0.4) is 0 Å². The van der Waals surface area contributed by atoms with E-state index in [1.807, 2.05) is 35.2 Å². The van der Waals surface area contributed by atoms with Crippen LogP contribution in [0.5, 0.6) is 0 Å². The van der Waals surface area contributed by atoms with Gasteiger partial charge in [0.15, 0.2) is 0 Å². The Morgan fingerprint density at radius 3 is 2.33 bits per heavy atom. The van der Waals surface area contributed by atoms with Gasteiger partial charge in [-0.2, -0.15) is 0 Å². The van der Waals surface area contributed by atoms with Crippen molar-refractivity contribution in [2.75, 3.05) is 13.1 Å². The van der Waals surface area contributed by atoms with Crippen LogP contribution < -0.4 is 0 Å². The molecule has 0 aromatic heterocycles. The van der Waals surface area contributed by atoms with Gasteiger partial charge in [0.2, 0.25) is 0 Å². The van der Waals surface area contributed by atoms with Gasteiger partial charge in [-0.1, -0.05) is 51.1 Å². The zero-order valence-corrected chi connectivity index (χ0v) is 11.5. The summed E-state index contributed by atoms with van der Waals surface area (Å²) in [5.74, 6) is -0.764. The van der Waals surface area contributed by atoms with E-state index in [4.69, 9.17) is 5.11 Å². The van der Waals surface area contributed by atoms with Crippen LogP contribution in [-0.4, -0.2) is 29.1 Å². The second-order valence-electron chi connectivity index (χ2n) is 5.90. The van der Waals surface area contributed by atoms with Gasteiger partial charge < -0.3 is 5.11 Å². The van der Waals surface area contributed by atoms with E-state index in [2.05, 4.69) is 20.8 Å². The van der Waals surface area contributed by atoms with E-state index in [1.54, 1.807) is 0 Å². The monoisotopic (exact) mass is 249 g/mol. The second-order valence-corrected chi connectivity index (χ2v) is 5.90. The standard InChI is InChI=1S/C15H23NO2/c1-15(2,3)9-10-16(12-14(17)18)11-13-7-5-4-6-8-13/h4-8H,9-12H2,1-3H3,(H,17,18). The maximum Gasteiger partial charge on any atom is 0.317 e. The fraction of sp³-hybridized carbons (Fsp3) is 0.533. The minimum absolute atomic E-state index is 0.102. The predicted molar refractivity (Wildman–Crippen MR) is 73.4 cm³/mol. The first-order valence-electron chi connectivity index (χ1n) is 6.35. The molecule has 0 saturated carbocycles. The maximum absolute atomic E-state index is 10.9. The van der Waals surface area contributed by atoms with Crippen molar-refractivity contribution in [1.82, 2.24) is 4.90 Å². The van der Waals surface area contributed by atoms with Crippen LogP contribution in [0.15, 0.2) is 30.3 Å². The third-order valence-corrected chi connectivity index (χ3v) is 2.79. The highest BCUT2D eigenvalue weighted by Crippen LogP contribution is 2.19. The Morgan fingerprint density at radius 2 is 1.83 bits per heavy atom. The smallest absolute Gasteiger partial charge is 0.317 e. The van der Waals surface area contributed by atoms with Gasteiger partial charge in [0.05, 0.1) is 6.54 Å². The normalized spacial score (nSPS) is 11.8. The number of hydrogen-bond donors (Lipinski definition) is 1. The van der Waals surface area contributed by atoms with Gasteiger partial charge in [0.25, 0.3) is 0 Å². The zero-order chi connectivity index (χ0) is 13.6. The van der Waals surface area contributed by atoms with Gasteiger partial charge in [0.1, 0.15) is 0 Å². The van der Waals surface area contributed by atoms with Gasteiger partial charge in [-0.3, -0.25) is 9.69 Å². The van der Waals surface area contributed by atoms with Crippen LogP contribution in [0.4, 0.5) is 0 Å². The summed E-state index contributed by atoms with van der Waals surface area (Å²) in [4.78, 5) is 12.9. The first kappa shape index (κ1) is 14.7. The van der Waals surface area contributed by atoms with Crippen molar-refractivity contribution < 1.29 is 9.90 Å². The number of carboxylic acids is 1. The molecule has 100 valence electrons. The van der Waals surface area contributed by atoms with Gasteiger partial charge in [-0.25, -0.2) is 0 Å². The molecule has 0 amide bonds. The summed E-state index contributed by atoms with van der Waals surface area (Å²) in [6.45, 7) is 8.14. The summed E-state index contributed by atoms with van der Waals surface area (Å²) < 4.78 is 0. The SMILES string of the molecule is CC(C)(C)CCN(CC(=O)O)Cc1ccccc1. The van der Waals surface area contributed by atoms with Crippen molar-refractivity contribution in [3.8, 4) is 0 Å². The fourth-order valence-corrected chi connectivity index (χ4v) is 1.74. The molecule has 0 saturated heterocycles. The van der Waals surface area contributed by atoms with Crippen LogP contribution in [0, 0.1) is 5.41 Å². The number of aliphatic carboxylic acids is 1. The Balaban J connectivity index is 2.58. The lowest BCUT2D eigenvalue weighted by Crippen LogP contribution is -2.32. The number of benzene rings is 1. The molecule has 0 aliphatic carbocycles. The molecule has 3 heteroatoms. The summed E-state index contributed by atoms with van der Waals surface area (Å²) in [7, 11) is 0. The lowest BCUT2D eigenvalue weighted by Gasteiger charge is -2.25. The quantitative estimate of drug-likeness (QED) is 0.842. The van der Waals surface area contributed by atoms with E-state index in [-0.39, 0.29) is 12.0 Å². The van der Waals surface area contributed by atoms with E-state index in [1.165, 1.54) is 0 Å². The molecule has 0 aliphatic heterocycles. The summed E-state index contributed by atoms with van der Waals surface area (Å²) in [6, 6.07) is 10.0. The molecular weight excluding hydrogens is 226 g/mol. The third-order valence-electron chi connectivity index (χ3n) is 2.79. The molecule has 1 aromatic carbocycles. The largest absolute Gasteiger partial charge is 0.480 e. The number of carbonyl (C=O) groups is 1. The topological polar surface area (TPSA) is 40.5 Å². The van der Waals surface area contributed by atoms with E-state index in [0.29, 0.717) is 6.54 Å². The van der Waals surface area contributed by atoms with Crippen molar-refractivity contribution >= 4 is 5.97 Å². The van der Waals surface area contributed by atoms with Crippen LogP contribution in [0.25, 0.3) is 0 Å². The number of hydrogen-bond acceptors (Lipinski definition) is 2. The van der Waals surface area contributed by atoms with E-state index < -0.39 is 5.97 Å². The molecule has 1 N–H and O–H groups in total. The molecule has 0 spiro atoms. The average molecular weight is 249 g/mol. The molecule has 1 rings (SSSR count). The number of rotatable bonds is 6. The summed E-state index contributed by atoms with van der Waals surface area (Å²) in [5, 5.41) is 8.95. The van der Waals surface area contributed by atoms with Crippen LogP contribution in [-0.2, 0) is 11.3 Å². The highest BCUT2D eigenvalue weighted by Gasteiger charge is 2.15. The van der Waals surface area contributed by atoms with Crippen LogP contribution in [0.1, 0.15) is 32.8 Å². The van der Waals surface area contributed by atoms with Crippen LogP contribution in [0.2, 0.25) is 0 Å². The Morgan fingerprint density at radius 1 is 1.22 bits per heavy atom. The Kier molecular flexibility index (Phi) is 5.35. The molecular formula is C15H23NO2. The van der Waals surface area contributed by atoms with Gasteiger partial charge in [-0.05, 0) is 23.9 Å². The lowest BCUT2D eigenvalue weighted by molar-refractivity contribution is -0.138. The first-order chi connectivity index (χ1) is 8.37. The summed E-state index contributed by atoms with van der Waals surface area (Å²) >= 11 is 0. The average Bonchev–Trinajstić information content (AvgIpc) is 2.25. The second kappa shape index (κ2) is 6.55. The minimum Gasteiger partial charge on any atom is -0.480 e. The van der Waals surface area contributed by atoms with Crippen molar-refractivity contribution in [2.24, 2.45) is 5.41 Å². The minimum atomic E-state index is -0.764. The third kappa shape index (κ3) is 6.40. The highest BCUT2D eigenvalue weighted by molar-refractivity contribution is 5.69. The summed E-state index contributed by atoms with van der Waals surface area (Å²) in [5.41, 5.74) is 1.39. The highest BCUT2D eigenvalue weighted by atomic mass is 16.4. The molecule has 1 aromatic rings. The molecule has 0 radical (unpaired) electrons. The number of nitrogens with zero attached hydrogens (tertiary/aromatic N) is 1. The molecule has 0 unspecified atom stereocenters. The van der Waals surface area contributed by atoms with E-state index in [0.717, 1.165) is 18.5 Å². The first-order valence-corrected chi connectivity index (χ1v) is 6.35. The Bertz CT molecular complexity index is 368. The van der Waals surface area contributed by atoms with Crippen LogP contribution >= 0.6 is 0 Å². The Labute approximate surface area is 109 Å². The maximum atomic E-state index is 10.9. The fourth-order valence-electron chi connectivity index (χ4n) is 1.74. The van der Waals surface area contributed by atoms with Crippen molar-refractivity contribution in [1.29, 1.82) is 0 Å². The zero-order valence-electron chi connectivity index (χ0n) is 11.5. The van der Waals surface area contributed by atoms with Crippen molar-refractivity contribution in [3.63, 3.8) is 0 Å². The van der Waals surface area contributed by atoms with E-state index in [9.17, 15) is 4.79 Å². The number of carboxylic acid groups (broad SMARTS) is 1. The molecule has 0 aliphatic rings. The van der Waals surface area contributed by atoms with Crippen molar-refractivity contribution in [2.45, 2.75) is 33.7 Å². The van der Waals surface area contributed by atoms with E-state index >= 15 is 0 Å². The molecule has 0 atom stereocenters. The predicted octanol–water partition coefficient (Wildman–Crippen LogP) is 3.01.